The third-order valence-electron chi connectivity index (χ3n) is 7.37. The molecule has 0 aliphatic heterocycles. The Morgan fingerprint density at radius 3 is 1.80 bits per heavy atom. The standard InChI is InChI=1S/C32H48N4O4/c1-5-7-8-9-10-11-12-13-14-15-24-35(25-26-40-31(37)32(3,4)6-2)29-20-16-27(17-21-29)33-34-28-18-22-30(23-19-28)36(38)39/h16-23H,5-15,24-26H2,1-4H3/b34-33+. The quantitative estimate of drug-likeness (QED) is 0.0535. The summed E-state index contributed by atoms with van der Waals surface area (Å²) in [7, 11) is 0. The van der Waals surface area contributed by atoms with Crippen molar-refractivity contribution in [1.82, 2.24) is 0 Å². The lowest BCUT2D eigenvalue weighted by Gasteiger charge is -2.26. The Morgan fingerprint density at radius 2 is 1.30 bits per heavy atom. The summed E-state index contributed by atoms with van der Waals surface area (Å²) in [5.74, 6) is -0.157. The fraction of sp³-hybridized carbons (Fsp3) is 0.594. The van der Waals surface area contributed by atoms with Crippen molar-refractivity contribution in [3.8, 4) is 0 Å². The second-order valence-electron chi connectivity index (χ2n) is 11.0. The summed E-state index contributed by atoms with van der Waals surface area (Å²) in [6, 6.07) is 13.8. The first-order valence-corrected chi connectivity index (χ1v) is 14.9. The molecule has 2 aromatic carbocycles. The van der Waals surface area contributed by atoms with Crippen LogP contribution in [0.25, 0.3) is 0 Å². The molecule has 0 N–H and O–H groups in total. The fourth-order valence-electron chi connectivity index (χ4n) is 4.23. The van der Waals surface area contributed by atoms with Gasteiger partial charge in [-0.3, -0.25) is 14.9 Å². The molecule has 0 radical (unpaired) electrons. The Labute approximate surface area is 240 Å². The summed E-state index contributed by atoms with van der Waals surface area (Å²) < 4.78 is 5.63. The Kier molecular flexibility index (Phi) is 14.9. The maximum absolute atomic E-state index is 12.4. The normalized spacial score (nSPS) is 11.6. The van der Waals surface area contributed by atoms with Gasteiger partial charge in [0, 0.05) is 24.4 Å². The van der Waals surface area contributed by atoms with Gasteiger partial charge in [-0.25, -0.2) is 0 Å². The van der Waals surface area contributed by atoms with Crippen molar-refractivity contribution in [2.24, 2.45) is 15.6 Å². The van der Waals surface area contributed by atoms with Crippen LogP contribution in [-0.2, 0) is 9.53 Å². The monoisotopic (exact) mass is 552 g/mol. The molecular weight excluding hydrogens is 504 g/mol. The summed E-state index contributed by atoms with van der Waals surface area (Å²) in [5.41, 5.74) is 1.84. The first-order chi connectivity index (χ1) is 19.3. The summed E-state index contributed by atoms with van der Waals surface area (Å²) >= 11 is 0. The molecular formula is C32H48N4O4. The van der Waals surface area contributed by atoms with Gasteiger partial charge >= 0.3 is 5.97 Å². The number of nitro groups is 1. The number of non-ortho nitro benzene ring substituents is 1. The van der Waals surface area contributed by atoms with Gasteiger partial charge in [0.15, 0.2) is 0 Å². The third-order valence-corrected chi connectivity index (χ3v) is 7.37. The number of anilines is 1. The smallest absolute Gasteiger partial charge is 0.311 e. The number of hydrogen-bond acceptors (Lipinski definition) is 7. The number of carbonyl (C=O) groups is 1. The Balaban J connectivity index is 1.92. The van der Waals surface area contributed by atoms with E-state index in [4.69, 9.17) is 4.74 Å². The maximum Gasteiger partial charge on any atom is 0.311 e. The highest BCUT2D eigenvalue weighted by molar-refractivity contribution is 5.75. The minimum atomic E-state index is -0.475. The molecule has 0 heterocycles. The number of nitro benzene ring substituents is 1. The zero-order valence-corrected chi connectivity index (χ0v) is 24.9. The molecule has 0 unspecified atom stereocenters. The van der Waals surface area contributed by atoms with Crippen LogP contribution < -0.4 is 4.90 Å². The highest BCUT2D eigenvalue weighted by Gasteiger charge is 2.27. The molecule has 0 amide bonds. The lowest BCUT2D eigenvalue weighted by Crippen LogP contribution is -2.32. The van der Waals surface area contributed by atoms with Gasteiger partial charge in [0.1, 0.15) is 6.61 Å². The minimum Gasteiger partial charge on any atom is -0.463 e. The van der Waals surface area contributed by atoms with E-state index in [1.165, 1.54) is 69.9 Å². The summed E-state index contributed by atoms with van der Waals surface area (Å²) in [6.07, 6.45) is 13.6. The number of esters is 1. The maximum atomic E-state index is 12.4. The molecule has 0 aliphatic rings. The lowest BCUT2D eigenvalue weighted by molar-refractivity contribution is -0.384. The molecule has 0 saturated carbocycles. The Bertz CT molecular complexity index is 1040. The highest BCUT2D eigenvalue weighted by atomic mass is 16.6. The van der Waals surface area contributed by atoms with Crippen LogP contribution in [0.5, 0.6) is 0 Å². The summed E-state index contributed by atoms with van der Waals surface area (Å²) in [6.45, 7) is 9.97. The predicted octanol–water partition coefficient (Wildman–Crippen LogP) is 9.72. The molecule has 0 aromatic heterocycles. The van der Waals surface area contributed by atoms with Gasteiger partial charge in [-0.2, -0.15) is 10.2 Å². The average Bonchev–Trinajstić information content (AvgIpc) is 2.96. The number of azo groups is 1. The van der Waals surface area contributed by atoms with Crippen molar-refractivity contribution in [2.75, 3.05) is 24.6 Å². The molecule has 0 aliphatic carbocycles. The van der Waals surface area contributed by atoms with Crippen molar-refractivity contribution >= 4 is 28.7 Å². The van der Waals surface area contributed by atoms with Crippen molar-refractivity contribution in [1.29, 1.82) is 0 Å². The molecule has 2 rings (SSSR count). The average molecular weight is 553 g/mol. The first kappa shape index (κ1) is 32.9. The van der Waals surface area contributed by atoms with E-state index >= 15 is 0 Å². The topological polar surface area (TPSA) is 97.4 Å². The van der Waals surface area contributed by atoms with Gasteiger partial charge in [0.25, 0.3) is 5.69 Å². The molecule has 220 valence electrons. The van der Waals surface area contributed by atoms with E-state index in [2.05, 4.69) is 22.1 Å². The molecule has 0 atom stereocenters. The Hall–Kier alpha value is -3.29. The van der Waals surface area contributed by atoms with Crippen molar-refractivity contribution in [3.05, 3.63) is 58.6 Å². The van der Waals surface area contributed by atoms with E-state index in [-0.39, 0.29) is 11.7 Å². The molecule has 8 nitrogen and oxygen atoms in total. The number of benzene rings is 2. The summed E-state index contributed by atoms with van der Waals surface area (Å²) in [5, 5.41) is 19.3. The van der Waals surface area contributed by atoms with Crippen LogP contribution in [0.4, 0.5) is 22.7 Å². The number of nitrogens with zero attached hydrogens (tertiary/aromatic N) is 4. The van der Waals surface area contributed by atoms with Crippen LogP contribution in [0.1, 0.15) is 98.3 Å². The van der Waals surface area contributed by atoms with Crippen LogP contribution in [0.15, 0.2) is 58.8 Å². The second-order valence-corrected chi connectivity index (χ2v) is 11.0. The SMILES string of the molecule is CCCCCCCCCCCCN(CCOC(=O)C(C)(C)CC)c1ccc(/N=N/c2ccc([N+](=O)[O-])cc2)cc1. The van der Waals surface area contributed by atoms with Crippen molar-refractivity contribution in [3.63, 3.8) is 0 Å². The molecule has 0 fully saturated rings. The van der Waals surface area contributed by atoms with Crippen molar-refractivity contribution < 1.29 is 14.5 Å². The molecule has 0 saturated heterocycles. The van der Waals surface area contributed by atoms with Gasteiger partial charge in [-0.15, -0.1) is 0 Å². The largest absolute Gasteiger partial charge is 0.463 e. The number of hydrogen-bond donors (Lipinski definition) is 0. The van der Waals surface area contributed by atoms with Gasteiger partial charge in [-0.1, -0.05) is 71.6 Å². The molecule has 2 aromatic rings. The Morgan fingerprint density at radius 1 is 0.800 bits per heavy atom. The van der Waals surface area contributed by atoms with Crippen LogP contribution >= 0.6 is 0 Å². The zero-order chi connectivity index (χ0) is 29.2. The van der Waals surface area contributed by atoms with Crippen LogP contribution in [0.2, 0.25) is 0 Å². The van der Waals surface area contributed by atoms with E-state index < -0.39 is 10.3 Å². The molecule has 0 spiro atoms. The van der Waals surface area contributed by atoms with E-state index in [0.717, 1.165) is 25.1 Å². The number of unbranched alkanes of at least 4 members (excludes halogenated alkanes) is 9. The highest BCUT2D eigenvalue weighted by Crippen LogP contribution is 2.25. The second kappa shape index (κ2) is 18.1. The molecule has 0 bridgehead atoms. The molecule has 40 heavy (non-hydrogen) atoms. The van der Waals surface area contributed by atoms with Crippen molar-refractivity contribution in [2.45, 2.75) is 98.3 Å². The van der Waals surface area contributed by atoms with Gasteiger partial charge in [-0.05, 0) is 63.1 Å². The lowest BCUT2D eigenvalue weighted by atomic mass is 9.91. The van der Waals surface area contributed by atoms with Gasteiger partial charge in [0.2, 0.25) is 0 Å². The number of rotatable bonds is 20. The van der Waals surface area contributed by atoms with E-state index in [0.29, 0.717) is 24.5 Å². The van der Waals surface area contributed by atoms with E-state index in [9.17, 15) is 14.9 Å². The van der Waals surface area contributed by atoms with Crippen LogP contribution in [-0.4, -0.2) is 30.6 Å². The summed E-state index contributed by atoms with van der Waals surface area (Å²) in [4.78, 5) is 25.1. The molecule has 8 heteroatoms. The first-order valence-electron chi connectivity index (χ1n) is 14.9. The third kappa shape index (κ3) is 12.3. The van der Waals surface area contributed by atoms with Crippen LogP contribution in [0, 0.1) is 15.5 Å². The van der Waals surface area contributed by atoms with E-state index in [1.807, 2.05) is 45.0 Å². The van der Waals surface area contributed by atoms with Gasteiger partial charge in [0.05, 0.1) is 28.3 Å². The number of ether oxygens (including phenoxy) is 1. The number of carbonyl (C=O) groups excluding carboxylic acids is 1. The van der Waals surface area contributed by atoms with Crippen LogP contribution in [0.3, 0.4) is 0 Å². The predicted molar refractivity (Wildman–Crippen MR) is 163 cm³/mol. The fourth-order valence-corrected chi connectivity index (χ4v) is 4.23. The van der Waals surface area contributed by atoms with E-state index in [1.54, 1.807) is 12.1 Å². The van der Waals surface area contributed by atoms with Gasteiger partial charge < -0.3 is 9.64 Å². The minimum absolute atomic E-state index is 0.0229. The zero-order valence-electron chi connectivity index (χ0n) is 24.9.